The maximum Gasteiger partial charge on any atom is 0.125 e. The van der Waals surface area contributed by atoms with Gasteiger partial charge in [0, 0.05) is 0 Å². The molecule has 1 saturated carbocycles. The first-order chi connectivity index (χ1) is 7.83. The summed E-state index contributed by atoms with van der Waals surface area (Å²) >= 11 is 0. The zero-order valence-corrected chi connectivity index (χ0v) is 9.10. The van der Waals surface area contributed by atoms with Crippen LogP contribution in [0.15, 0.2) is 24.4 Å². The summed E-state index contributed by atoms with van der Waals surface area (Å²) in [5.74, 6) is 0.662. The van der Waals surface area contributed by atoms with Gasteiger partial charge in [0.05, 0.1) is 24.4 Å². The van der Waals surface area contributed by atoms with Crippen molar-refractivity contribution in [2.45, 2.75) is 32.0 Å². The van der Waals surface area contributed by atoms with Crippen LogP contribution in [0.5, 0.6) is 0 Å². The molecule has 0 saturated heterocycles. The molecule has 0 bridgehead atoms. The van der Waals surface area contributed by atoms with Crippen LogP contribution in [0.4, 0.5) is 5.82 Å². The smallest absolute Gasteiger partial charge is 0.125 e. The van der Waals surface area contributed by atoms with Gasteiger partial charge in [-0.3, -0.25) is 0 Å². The number of hydrogen-bond donors (Lipinski definition) is 1. The van der Waals surface area contributed by atoms with E-state index in [-0.39, 0.29) is 0 Å². The Hall–Kier alpha value is -1.55. The van der Waals surface area contributed by atoms with E-state index in [1.807, 2.05) is 12.1 Å². The lowest BCUT2D eigenvalue weighted by molar-refractivity contribution is -0.00863. The van der Waals surface area contributed by atoms with Crippen molar-refractivity contribution in [1.29, 1.82) is 0 Å². The van der Waals surface area contributed by atoms with Gasteiger partial charge in [-0.2, -0.15) is 5.10 Å². The van der Waals surface area contributed by atoms with Crippen LogP contribution in [0.25, 0.3) is 5.52 Å². The Balaban J connectivity index is 1.80. The highest BCUT2D eigenvalue weighted by molar-refractivity contribution is 5.54. The molecule has 4 heteroatoms. The van der Waals surface area contributed by atoms with Crippen molar-refractivity contribution in [3.8, 4) is 0 Å². The van der Waals surface area contributed by atoms with Crippen LogP contribution in [-0.2, 0) is 11.3 Å². The number of aromatic nitrogens is 2. The Labute approximate surface area is 94.0 Å². The highest BCUT2D eigenvalue weighted by atomic mass is 16.5. The molecule has 16 heavy (non-hydrogen) atoms. The van der Waals surface area contributed by atoms with Crippen LogP contribution in [0, 0.1) is 0 Å². The molecule has 2 heterocycles. The van der Waals surface area contributed by atoms with Gasteiger partial charge in [-0.15, -0.1) is 0 Å². The molecule has 84 valence electrons. The van der Waals surface area contributed by atoms with Gasteiger partial charge in [0.15, 0.2) is 0 Å². The second kappa shape index (κ2) is 3.79. The molecular formula is C12H15N3O. The molecule has 0 aliphatic heterocycles. The summed E-state index contributed by atoms with van der Waals surface area (Å²) in [4.78, 5) is 0. The predicted molar refractivity (Wildman–Crippen MR) is 62.0 cm³/mol. The van der Waals surface area contributed by atoms with Crippen LogP contribution in [0.3, 0.4) is 0 Å². The van der Waals surface area contributed by atoms with Crippen molar-refractivity contribution in [2.24, 2.45) is 0 Å². The van der Waals surface area contributed by atoms with E-state index in [1.54, 1.807) is 10.7 Å². The molecule has 2 aromatic rings. The molecule has 0 unspecified atom stereocenters. The zero-order valence-electron chi connectivity index (χ0n) is 9.10. The maximum atomic E-state index is 5.90. The summed E-state index contributed by atoms with van der Waals surface area (Å²) in [5.41, 5.74) is 8.04. The van der Waals surface area contributed by atoms with Gasteiger partial charge < -0.3 is 10.5 Å². The van der Waals surface area contributed by atoms with Crippen LogP contribution in [-0.4, -0.2) is 15.7 Å². The average Bonchev–Trinajstić information content (AvgIpc) is 2.63. The second-order valence-electron chi connectivity index (χ2n) is 4.32. The Bertz CT molecular complexity index is 502. The second-order valence-corrected chi connectivity index (χ2v) is 4.32. The van der Waals surface area contributed by atoms with Gasteiger partial charge in [-0.1, -0.05) is 0 Å². The molecule has 0 aromatic carbocycles. The molecule has 1 aliphatic carbocycles. The first kappa shape index (κ1) is 9.66. The molecule has 0 atom stereocenters. The number of nitrogens with two attached hydrogens (primary N) is 1. The fraction of sp³-hybridized carbons (Fsp3) is 0.417. The molecule has 0 spiro atoms. The number of fused-ring (bicyclic) bond motifs is 1. The lowest BCUT2D eigenvalue weighted by Gasteiger charge is -2.25. The Morgan fingerprint density at radius 2 is 2.31 bits per heavy atom. The lowest BCUT2D eigenvalue weighted by Crippen LogP contribution is -2.21. The van der Waals surface area contributed by atoms with Gasteiger partial charge >= 0.3 is 0 Å². The number of pyridine rings is 1. The fourth-order valence-corrected chi connectivity index (χ4v) is 1.96. The van der Waals surface area contributed by atoms with E-state index < -0.39 is 0 Å². The van der Waals surface area contributed by atoms with Crippen molar-refractivity contribution in [3.05, 3.63) is 30.0 Å². The van der Waals surface area contributed by atoms with Crippen LogP contribution in [0.1, 0.15) is 24.8 Å². The third-order valence-electron chi connectivity index (χ3n) is 3.12. The summed E-state index contributed by atoms with van der Waals surface area (Å²) in [5, 5.41) is 4.13. The van der Waals surface area contributed by atoms with Gasteiger partial charge in [-0.05, 0) is 43.0 Å². The first-order valence-corrected chi connectivity index (χ1v) is 5.67. The largest absolute Gasteiger partial charge is 0.384 e. The number of nitrogen functional groups attached to an aromatic ring is 1. The van der Waals surface area contributed by atoms with E-state index in [9.17, 15) is 0 Å². The van der Waals surface area contributed by atoms with E-state index in [0.717, 1.165) is 11.1 Å². The summed E-state index contributed by atoms with van der Waals surface area (Å²) < 4.78 is 7.49. The molecule has 0 radical (unpaired) electrons. The number of nitrogens with zero attached hydrogens (tertiary/aromatic N) is 2. The van der Waals surface area contributed by atoms with E-state index >= 15 is 0 Å². The highest BCUT2D eigenvalue weighted by Crippen LogP contribution is 2.23. The SMILES string of the molecule is Nc1cc(COC2CCC2)cc2ccnn12. The topological polar surface area (TPSA) is 52.5 Å². The number of rotatable bonds is 3. The summed E-state index contributed by atoms with van der Waals surface area (Å²) in [7, 11) is 0. The van der Waals surface area contributed by atoms with Crippen molar-refractivity contribution in [3.63, 3.8) is 0 Å². The van der Waals surface area contributed by atoms with E-state index in [1.165, 1.54) is 19.3 Å². The highest BCUT2D eigenvalue weighted by Gasteiger charge is 2.17. The first-order valence-electron chi connectivity index (χ1n) is 5.67. The van der Waals surface area contributed by atoms with E-state index in [0.29, 0.717) is 18.5 Å². The molecule has 4 nitrogen and oxygen atoms in total. The quantitative estimate of drug-likeness (QED) is 0.855. The molecule has 2 N–H and O–H groups in total. The number of hydrogen-bond acceptors (Lipinski definition) is 3. The van der Waals surface area contributed by atoms with Crippen molar-refractivity contribution in [2.75, 3.05) is 5.73 Å². The minimum absolute atomic E-state index is 0.461. The molecule has 2 aromatic heterocycles. The van der Waals surface area contributed by atoms with Crippen molar-refractivity contribution < 1.29 is 4.74 Å². The van der Waals surface area contributed by atoms with Gasteiger partial charge in [-0.25, -0.2) is 4.52 Å². The van der Waals surface area contributed by atoms with Gasteiger partial charge in [0.1, 0.15) is 5.82 Å². The van der Waals surface area contributed by atoms with Gasteiger partial charge in [0.2, 0.25) is 0 Å². The Kier molecular flexibility index (Phi) is 2.29. The Morgan fingerprint density at radius 1 is 1.44 bits per heavy atom. The predicted octanol–water partition coefficient (Wildman–Crippen LogP) is 1.99. The standard InChI is InChI=1S/C12H15N3O/c13-12-7-9(8-16-11-2-1-3-11)6-10-4-5-14-15(10)12/h4-7,11H,1-3,8,13H2. The molecular weight excluding hydrogens is 202 g/mol. The van der Waals surface area contributed by atoms with E-state index in [2.05, 4.69) is 11.2 Å². The number of anilines is 1. The molecule has 0 amide bonds. The van der Waals surface area contributed by atoms with Crippen molar-refractivity contribution in [1.82, 2.24) is 9.61 Å². The number of ether oxygens (including phenoxy) is 1. The third-order valence-corrected chi connectivity index (χ3v) is 3.12. The van der Waals surface area contributed by atoms with Crippen molar-refractivity contribution >= 4 is 11.3 Å². The monoisotopic (exact) mass is 217 g/mol. The fourth-order valence-electron chi connectivity index (χ4n) is 1.96. The molecule has 3 rings (SSSR count). The summed E-state index contributed by atoms with van der Waals surface area (Å²) in [6.45, 7) is 0.649. The maximum absolute atomic E-state index is 5.90. The minimum atomic E-state index is 0.461. The van der Waals surface area contributed by atoms with Crippen LogP contribution in [0.2, 0.25) is 0 Å². The minimum Gasteiger partial charge on any atom is -0.384 e. The van der Waals surface area contributed by atoms with Crippen LogP contribution < -0.4 is 5.73 Å². The summed E-state index contributed by atoms with van der Waals surface area (Å²) in [6.07, 6.45) is 5.91. The van der Waals surface area contributed by atoms with E-state index in [4.69, 9.17) is 10.5 Å². The molecule has 1 fully saturated rings. The van der Waals surface area contributed by atoms with Gasteiger partial charge in [0.25, 0.3) is 0 Å². The molecule has 1 aliphatic rings. The Morgan fingerprint density at radius 3 is 3.06 bits per heavy atom. The third kappa shape index (κ3) is 1.65. The average molecular weight is 217 g/mol. The lowest BCUT2D eigenvalue weighted by atomic mass is 9.96. The summed E-state index contributed by atoms with van der Waals surface area (Å²) in [6, 6.07) is 5.95. The zero-order chi connectivity index (χ0) is 11.0. The van der Waals surface area contributed by atoms with Crippen LogP contribution >= 0.6 is 0 Å². The normalized spacial score (nSPS) is 16.5.